The first-order valence-corrected chi connectivity index (χ1v) is 6.50. The number of methoxy groups -OCH3 is 1. The monoisotopic (exact) mass is 237 g/mol. The summed E-state index contributed by atoms with van der Waals surface area (Å²) < 4.78 is 7.44. The van der Waals surface area contributed by atoms with Gasteiger partial charge in [0.25, 0.3) is 0 Å². The molecule has 96 valence electrons. The minimum absolute atomic E-state index is 0.102. The topological polar surface area (TPSA) is 53.1 Å². The zero-order chi connectivity index (χ0) is 12.3. The van der Waals surface area contributed by atoms with Crippen molar-refractivity contribution in [3.63, 3.8) is 0 Å². The molecule has 0 saturated heterocycles. The highest BCUT2D eigenvalue weighted by atomic mass is 16.5. The molecule has 2 N–H and O–H groups in total. The molecule has 4 heteroatoms. The number of aryl methyl sites for hydroxylation is 1. The molecule has 1 aromatic rings. The molecular formula is C13H23N3O. The molecule has 0 spiro atoms. The predicted molar refractivity (Wildman–Crippen MR) is 67.5 cm³/mol. The third-order valence-electron chi connectivity index (χ3n) is 3.82. The average molecular weight is 237 g/mol. The summed E-state index contributed by atoms with van der Waals surface area (Å²) in [6.45, 7) is 0. The van der Waals surface area contributed by atoms with Gasteiger partial charge in [-0.2, -0.15) is 5.10 Å². The molecule has 1 aliphatic rings. The lowest BCUT2D eigenvalue weighted by molar-refractivity contribution is 0.0162. The summed E-state index contributed by atoms with van der Waals surface area (Å²) in [5.41, 5.74) is 7.23. The van der Waals surface area contributed by atoms with Crippen molar-refractivity contribution in [1.82, 2.24) is 9.78 Å². The highest BCUT2D eigenvalue weighted by Crippen LogP contribution is 2.32. The van der Waals surface area contributed by atoms with E-state index in [-0.39, 0.29) is 12.1 Å². The van der Waals surface area contributed by atoms with Crippen LogP contribution in [0, 0.1) is 5.92 Å². The maximum absolute atomic E-state index is 6.29. The summed E-state index contributed by atoms with van der Waals surface area (Å²) in [6.07, 6.45) is 8.47. The van der Waals surface area contributed by atoms with Crippen molar-refractivity contribution in [3.05, 3.63) is 18.0 Å². The van der Waals surface area contributed by atoms with E-state index in [0.29, 0.717) is 5.92 Å². The van der Waals surface area contributed by atoms with Crippen molar-refractivity contribution in [3.8, 4) is 0 Å². The Bertz CT molecular complexity index is 344. The van der Waals surface area contributed by atoms with Gasteiger partial charge in [-0.3, -0.25) is 4.68 Å². The van der Waals surface area contributed by atoms with Gasteiger partial charge in [0.05, 0.1) is 17.8 Å². The Morgan fingerprint density at radius 3 is 2.65 bits per heavy atom. The summed E-state index contributed by atoms with van der Waals surface area (Å²) in [5.74, 6) is 0.589. The van der Waals surface area contributed by atoms with Crippen LogP contribution in [-0.4, -0.2) is 23.0 Å². The van der Waals surface area contributed by atoms with Gasteiger partial charge in [0.15, 0.2) is 0 Å². The molecule has 1 saturated carbocycles. The number of hydrogen-bond donors (Lipinski definition) is 1. The molecule has 0 radical (unpaired) electrons. The lowest BCUT2D eigenvalue weighted by atomic mass is 9.82. The van der Waals surface area contributed by atoms with E-state index in [2.05, 4.69) is 5.10 Å². The van der Waals surface area contributed by atoms with Gasteiger partial charge in [-0.25, -0.2) is 0 Å². The molecule has 1 fully saturated rings. The molecular weight excluding hydrogens is 214 g/mol. The first kappa shape index (κ1) is 12.6. The second-order valence-electron chi connectivity index (χ2n) is 5.04. The SMILES string of the molecule is COC(C1CCCCC1)C(N)c1ccn(C)n1. The van der Waals surface area contributed by atoms with Gasteiger partial charge in [0.2, 0.25) is 0 Å². The van der Waals surface area contributed by atoms with E-state index in [9.17, 15) is 0 Å². The summed E-state index contributed by atoms with van der Waals surface area (Å²) in [4.78, 5) is 0. The van der Waals surface area contributed by atoms with Crippen LogP contribution in [0.15, 0.2) is 12.3 Å². The van der Waals surface area contributed by atoms with E-state index in [1.54, 1.807) is 11.8 Å². The van der Waals surface area contributed by atoms with Crippen LogP contribution in [0.25, 0.3) is 0 Å². The molecule has 1 heterocycles. The quantitative estimate of drug-likeness (QED) is 0.871. The third kappa shape index (κ3) is 2.87. The van der Waals surface area contributed by atoms with Gasteiger partial charge in [-0.15, -0.1) is 0 Å². The fourth-order valence-electron chi connectivity index (χ4n) is 2.87. The van der Waals surface area contributed by atoms with Gasteiger partial charge < -0.3 is 10.5 Å². The number of nitrogens with zero attached hydrogens (tertiary/aromatic N) is 2. The van der Waals surface area contributed by atoms with Gasteiger partial charge in [0, 0.05) is 20.4 Å². The first-order valence-electron chi connectivity index (χ1n) is 6.50. The van der Waals surface area contributed by atoms with E-state index in [1.807, 2.05) is 19.3 Å². The van der Waals surface area contributed by atoms with E-state index < -0.39 is 0 Å². The molecule has 4 nitrogen and oxygen atoms in total. The van der Waals surface area contributed by atoms with Crippen LogP contribution >= 0.6 is 0 Å². The predicted octanol–water partition coefficient (Wildman–Crippen LogP) is 2.02. The van der Waals surface area contributed by atoms with E-state index in [1.165, 1.54) is 32.1 Å². The fraction of sp³-hybridized carbons (Fsp3) is 0.769. The summed E-state index contributed by atoms with van der Waals surface area (Å²) in [5, 5.41) is 4.39. The Hall–Kier alpha value is -0.870. The molecule has 0 aromatic carbocycles. The van der Waals surface area contributed by atoms with Gasteiger partial charge in [-0.05, 0) is 24.8 Å². The number of ether oxygens (including phenoxy) is 1. The smallest absolute Gasteiger partial charge is 0.0818 e. The molecule has 2 unspecified atom stereocenters. The summed E-state index contributed by atoms with van der Waals surface area (Å²) in [6, 6.07) is 1.88. The van der Waals surface area contributed by atoms with Crippen LogP contribution < -0.4 is 5.73 Å². The molecule has 0 bridgehead atoms. The largest absolute Gasteiger partial charge is 0.379 e. The van der Waals surface area contributed by atoms with Crippen LogP contribution in [0.1, 0.15) is 43.8 Å². The standard InChI is InChI=1S/C13H23N3O/c1-16-9-8-11(15-16)12(14)13(17-2)10-6-4-3-5-7-10/h8-10,12-13H,3-7,14H2,1-2H3. The lowest BCUT2D eigenvalue weighted by Gasteiger charge is -2.32. The average Bonchev–Trinajstić information content (AvgIpc) is 2.78. The Balaban J connectivity index is 2.06. The summed E-state index contributed by atoms with van der Waals surface area (Å²) in [7, 11) is 3.68. The number of rotatable bonds is 4. The number of nitrogens with two attached hydrogens (primary N) is 1. The minimum Gasteiger partial charge on any atom is -0.379 e. The molecule has 1 aromatic heterocycles. The Morgan fingerprint density at radius 2 is 2.12 bits per heavy atom. The second-order valence-corrected chi connectivity index (χ2v) is 5.04. The Morgan fingerprint density at radius 1 is 1.41 bits per heavy atom. The maximum atomic E-state index is 6.29. The van der Waals surface area contributed by atoms with E-state index in [0.717, 1.165) is 5.69 Å². The fourth-order valence-corrected chi connectivity index (χ4v) is 2.87. The highest BCUT2D eigenvalue weighted by Gasteiger charge is 2.30. The maximum Gasteiger partial charge on any atom is 0.0818 e. The van der Waals surface area contributed by atoms with E-state index >= 15 is 0 Å². The number of aromatic nitrogens is 2. The lowest BCUT2D eigenvalue weighted by Crippen LogP contribution is -2.36. The van der Waals surface area contributed by atoms with Gasteiger partial charge in [-0.1, -0.05) is 19.3 Å². The van der Waals surface area contributed by atoms with Crippen LogP contribution in [-0.2, 0) is 11.8 Å². The van der Waals surface area contributed by atoms with Crippen molar-refractivity contribution in [1.29, 1.82) is 0 Å². The molecule has 2 atom stereocenters. The molecule has 1 aliphatic carbocycles. The second kappa shape index (κ2) is 5.65. The van der Waals surface area contributed by atoms with Crippen LogP contribution in [0.3, 0.4) is 0 Å². The Labute approximate surface area is 103 Å². The van der Waals surface area contributed by atoms with E-state index in [4.69, 9.17) is 10.5 Å². The minimum atomic E-state index is -0.107. The molecule has 0 amide bonds. The third-order valence-corrected chi connectivity index (χ3v) is 3.82. The van der Waals surface area contributed by atoms with Gasteiger partial charge >= 0.3 is 0 Å². The summed E-state index contributed by atoms with van der Waals surface area (Å²) >= 11 is 0. The normalized spacial score (nSPS) is 21.4. The molecule has 0 aliphatic heterocycles. The van der Waals surface area contributed by atoms with Crippen molar-refractivity contribution in [2.75, 3.05) is 7.11 Å². The van der Waals surface area contributed by atoms with Gasteiger partial charge in [0.1, 0.15) is 0 Å². The highest BCUT2D eigenvalue weighted by molar-refractivity contribution is 5.07. The van der Waals surface area contributed by atoms with Crippen molar-refractivity contribution in [2.45, 2.75) is 44.2 Å². The zero-order valence-corrected chi connectivity index (χ0v) is 10.8. The number of hydrogen-bond acceptors (Lipinski definition) is 3. The Kier molecular flexibility index (Phi) is 4.18. The van der Waals surface area contributed by atoms with Crippen molar-refractivity contribution in [2.24, 2.45) is 18.7 Å². The van der Waals surface area contributed by atoms with Crippen LogP contribution in [0.5, 0.6) is 0 Å². The van der Waals surface area contributed by atoms with Crippen LogP contribution in [0.4, 0.5) is 0 Å². The van der Waals surface area contributed by atoms with Crippen molar-refractivity contribution >= 4 is 0 Å². The first-order chi connectivity index (χ1) is 8.22. The van der Waals surface area contributed by atoms with Crippen LogP contribution in [0.2, 0.25) is 0 Å². The zero-order valence-electron chi connectivity index (χ0n) is 10.8. The molecule has 17 heavy (non-hydrogen) atoms. The van der Waals surface area contributed by atoms with Crippen molar-refractivity contribution < 1.29 is 4.74 Å². The molecule has 2 rings (SSSR count).